The first-order chi connectivity index (χ1) is 10.2. The average Bonchev–Trinajstić information content (AvgIpc) is 2.48. The van der Waals surface area contributed by atoms with Crippen LogP contribution in [0.1, 0.15) is 45.6 Å². The highest BCUT2D eigenvalue weighted by molar-refractivity contribution is 5.80. The molecule has 0 saturated carbocycles. The lowest BCUT2D eigenvalue weighted by Crippen LogP contribution is -2.39. The highest BCUT2D eigenvalue weighted by Gasteiger charge is 2.22. The minimum absolute atomic E-state index is 0.509. The van der Waals surface area contributed by atoms with Crippen LogP contribution in [0.25, 0.3) is 0 Å². The van der Waals surface area contributed by atoms with Crippen LogP contribution in [0.15, 0.2) is 23.3 Å². The molecule has 1 aliphatic rings. The SMILES string of the molecule is CCOc1ccc(/C=N\N2[C@H](C)CCC[C@@H]2C)cc1OC. The van der Waals surface area contributed by atoms with Crippen LogP contribution in [0.2, 0.25) is 0 Å². The van der Waals surface area contributed by atoms with Gasteiger partial charge in [-0.15, -0.1) is 0 Å². The third-order valence-electron chi connectivity index (χ3n) is 3.97. The van der Waals surface area contributed by atoms with E-state index in [-0.39, 0.29) is 0 Å². The van der Waals surface area contributed by atoms with Crippen molar-refractivity contribution in [3.8, 4) is 11.5 Å². The van der Waals surface area contributed by atoms with Gasteiger partial charge in [0.05, 0.1) is 19.9 Å². The van der Waals surface area contributed by atoms with Crippen molar-refractivity contribution in [1.82, 2.24) is 5.01 Å². The second-order valence-corrected chi connectivity index (χ2v) is 5.60. The van der Waals surface area contributed by atoms with Crippen LogP contribution in [0, 0.1) is 0 Å². The van der Waals surface area contributed by atoms with E-state index in [9.17, 15) is 0 Å². The molecular weight excluding hydrogens is 264 g/mol. The third-order valence-corrected chi connectivity index (χ3v) is 3.97. The van der Waals surface area contributed by atoms with E-state index in [1.54, 1.807) is 7.11 Å². The monoisotopic (exact) mass is 290 g/mol. The summed E-state index contributed by atoms with van der Waals surface area (Å²) in [6.45, 7) is 7.08. The van der Waals surface area contributed by atoms with Crippen LogP contribution in [0.4, 0.5) is 0 Å². The van der Waals surface area contributed by atoms with Crippen LogP contribution in [-0.4, -0.2) is 37.0 Å². The summed E-state index contributed by atoms with van der Waals surface area (Å²) in [6, 6.07) is 6.93. The molecule has 116 valence electrons. The molecule has 0 bridgehead atoms. The number of hydrogen-bond acceptors (Lipinski definition) is 4. The molecule has 0 amide bonds. The Balaban J connectivity index is 2.13. The van der Waals surface area contributed by atoms with Gasteiger partial charge in [0, 0.05) is 12.1 Å². The van der Waals surface area contributed by atoms with Crippen LogP contribution in [0.3, 0.4) is 0 Å². The van der Waals surface area contributed by atoms with Gasteiger partial charge < -0.3 is 9.47 Å². The van der Waals surface area contributed by atoms with E-state index in [0.29, 0.717) is 18.7 Å². The van der Waals surface area contributed by atoms with Crippen molar-refractivity contribution in [2.24, 2.45) is 5.10 Å². The largest absolute Gasteiger partial charge is 0.493 e. The fourth-order valence-electron chi connectivity index (χ4n) is 2.81. The van der Waals surface area contributed by atoms with E-state index in [2.05, 4.69) is 24.0 Å². The molecule has 0 unspecified atom stereocenters. The molecule has 4 heteroatoms. The molecule has 0 aromatic heterocycles. The summed E-state index contributed by atoms with van der Waals surface area (Å²) in [5, 5.41) is 6.89. The average molecular weight is 290 g/mol. The molecular formula is C17H26N2O2. The summed E-state index contributed by atoms with van der Waals surface area (Å²) < 4.78 is 10.9. The summed E-state index contributed by atoms with van der Waals surface area (Å²) >= 11 is 0. The van der Waals surface area contributed by atoms with E-state index in [0.717, 1.165) is 17.1 Å². The van der Waals surface area contributed by atoms with Gasteiger partial charge in [-0.25, -0.2) is 0 Å². The molecule has 1 aliphatic heterocycles. The normalized spacial score (nSPS) is 22.6. The fraction of sp³-hybridized carbons (Fsp3) is 0.588. The lowest BCUT2D eigenvalue weighted by Gasteiger charge is -2.36. The Bertz CT molecular complexity index is 478. The molecule has 0 spiro atoms. The van der Waals surface area contributed by atoms with Gasteiger partial charge >= 0.3 is 0 Å². The van der Waals surface area contributed by atoms with Crippen molar-refractivity contribution in [3.63, 3.8) is 0 Å². The Hall–Kier alpha value is -1.71. The second-order valence-electron chi connectivity index (χ2n) is 5.60. The maximum atomic E-state index is 5.53. The Kier molecular flexibility index (Phi) is 5.48. The summed E-state index contributed by atoms with van der Waals surface area (Å²) in [5.41, 5.74) is 1.03. The molecule has 1 aromatic rings. The smallest absolute Gasteiger partial charge is 0.161 e. The maximum absolute atomic E-state index is 5.53. The van der Waals surface area contributed by atoms with Gasteiger partial charge in [0.15, 0.2) is 11.5 Å². The first-order valence-electron chi connectivity index (χ1n) is 7.78. The Morgan fingerprint density at radius 3 is 2.57 bits per heavy atom. The fourth-order valence-corrected chi connectivity index (χ4v) is 2.81. The first kappa shape index (κ1) is 15.7. The van der Waals surface area contributed by atoms with Gasteiger partial charge in [-0.05, 0) is 63.8 Å². The maximum Gasteiger partial charge on any atom is 0.161 e. The van der Waals surface area contributed by atoms with Crippen molar-refractivity contribution in [1.29, 1.82) is 0 Å². The highest BCUT2D eigenvalue weighted by Crippen LogP contribution is 2.28. The minimum Gasteiger partial charge on any atom is -0.493 e. The standard InChI is InChI=1S/C17H26N2O2/c1-5-21-16-10-9-15(11-17(16)20-4)12-18-19-13(2)7-6-8-14(19)3/h9-14H,5-8H2,1-4H3/b18-12-/t13-,14+. The number of piperidine rings is 1. The van der Waals surface area contributed by atoms with Crippen LogP contribution >= 0.6 is 0 Å². The Morgan fingerprint density at radius 1 is 1.24 bits per heavy atom. The number of ether oxygens (including phenoxy) is 2. The minimum atomic E-state index is 0.509. The van der Waals surface area contributed by atoms with Crippen molar-refractivity contribution in [2.45, 2.75) is 52.1 Å². The highest BCUT2D eigenvalue weighted by atomic mass is 16.5. The molecule has 0 aliphatic carbocycles. The predicted octanol–water partition coefficient (Wildman–Crippen LogP) is 3.69. The van der Waals surface area contributed by atoms with E-state index in [1.165, 1.54) is 19.3 Å². The number of hydrogen-bond donors (Lipinski definition) is 0. The van der Waals surface area contributed by atoms with E-state index in [1.807, 2.05) is 31.3 Å². The predicted molar refractivity (Wildman–Crippen MR) is 86.4 cm³/mol. The second kappa shape index (κ2) is 7.34. The third kappa shape index (κ3) is 3.90. The molecule has 0 radical (unpaired) electrons. The zero-order valence-corrected chi connectivity index (χ0v) is 13.5. The van der Waals surface area contributed by atoms with Crippen molar-refractivity contribution >= 4 is 6.21 Å². The van der Waals surface area contributed by atoms with Crippen molar-refractivity contribution in [2.75, 3.05) is 13.7 Å². The Morgan fingerprint density at radius 2 is 1.95 bits per heavy atom. The van der Waals surface area contributed by atoms with Crippen LogP contribution in [0.5, 0.6) is 11.5 Å². The van der Waals surface area contributed by atoms with Gasteiger partial charge in [0.1, 0.15) is 0 Å². The number of methoxy groups -OCH3 is 1. The summed E-state index contributed by atoms with van der Waals surface area (Å²) in [7, 11) is 1.66. The number of hydrazone groups is 1. The first-order valence-corrected chi connectivity index (χ1v) is 7.78. The lowest BCUT2D eigenvalue weighted by molar-refractivity contribution is 0.109. The summed E-state index contributed by atoms with van der Waals surface area (Å²) in [5.74, 6) is 1.53. The molecule has 4 nitrogen and oxygen atoms in total. The van der Waals surface area contributed by atoms with E-state index >= 15 is 0 Å². The van der Waals surface area contributed by atoms with E-state index in [4.69, 9.17) is 9.47 Å². The summed E-state index contributed by atoms with van der Waals surface area (Å²) in [4.78, 5) is 0. The molecule has 1 heterocycles. The van der Waals surface area contributed by atoms with Gasteiger partial charge in [-0.3, -0.25) is 5.01 Å². The van der Waals surface area contributed by atoms with Crippen LogP contribution in [-0.2, 0) is 0 Å². The van der Waals surface area contributed by atoms with Crippen molar-refractivity contribution in [3.05, 3.63) is 23.8 Å². The molecule has 1 aromatic carbocycles. The number of rotatable bonds is 5. The molecule has 21 heavy (non-hydrogen) atoms. The van der Waals surface area contributed by atoms with Crippen molar-refractivity contribution < 1.29 is 9.47 Å². The number of nitrogens with zero attached hydrogens (tertiary/aromatic N) is 2. The molecule has 2 atom stereocenters. The quantitative estimate of drug-likeness (QED) is 0.776. The summed E-state index contributed by atoms with van der Waals surface area (Å²) in [6.07, 6.45) is 5.64. The molecule has 0 N–H and O–H groups in total. The van der Waals surface area contributed by atoms with Gasteiger partial charge in [0.25, 0.3) is 0 Å². The lowest BCUT2D eigenvalue weighted by atomic mass is 10.00. The number of benzene rings is 1. The van der Waals surface area contributed by atoms with E-state index < -0.39 is 0 Å². The van der Waals surface area contributed by atoms with Gasteiger partial charge in [0.2, 0.25) is 0 Å². The zero-order valence-electron chi connectivity index (χ0n) is 13.5. The van der Waals surface area contributed by atoms with Gasteiger partial charge in [-0.1, -0.05) is 0 Å². The molecule has 1 saturated heterocycles. The molecule has 2 rings (SSSR count). The van der Waals surface area contributed by atoms with Crippen LogP contribution < -0.4 is 9.47 Å². The zero-order chi connectivity index (χ0) is 15.2. The topological polar surface area (TPSA) is 34.1 Å². The Labute approximate surface area is 127 Å². The molecule has 1 fully saturated rings. The van der Waals surface area contributed by atoms with Gasteiger partial charge in [-0.2, -0.15) is 5.10 Å².